The molecule has 0 aliphatic heterocycles. The van der Waals surface area contributed by atoms with Crippen molar-refractivity contribution in [2.75, 3.05) is 5.32 Å². The van der Waals surface area contributed by atoms with Crippen LogP contribution in [0.3, 0.4) is 0 Å². The molecule has 3 N–H and O–H groups in total. The molecule has 30 heavy (non-hydrogen) atoms. The van der Waals surface area contributed by atoms with Gasteiger partial charge in [-0.1, -0.05) is 18.2 Å². The Labute approximate surface area is 173 Å². The Hall–Kier alpha value is -4.13. The Kier molecular flexibility index (Phi) is 6.44. The third-order valence-corrected chi connectivity index (χ3v) is 4.16. The second kappa shape index (κ2) is 9.38. The van der Waals surface area contributed by atoms with Crippen LogP contribution in [0.15, 0.2) is 78.9 Å². The highest BCUT2D eigenvalue weighted by molar-refractivity contribution is 5.98. The first-order valence-corrected chi connectivity index (χ1v) is 9.17. The van der Waals surface area contributed by atoms with Crippen molar-refractivity contribution in [2.24, 2.45) is 5.73 Å². The van der Waals surface area contributed by atoms with Gasteiger partial charge in [-0.25, -0.2) is 4.79 Å². The fraction of sp³-hybridized carbons (Fsp3) is 0.0870. The molecular weight excluding hydrogens is 384 g/mol. The largest absolute Gasteiger partial charge is 0.457 e. The highest BCUT2D eigenvalue weighted by Crippen LogP contribution is 2.21. The summed E-state index contributed by atoms with van der Waals surface area (Å²) in [5.41, 5.74) is 6.25. The maximum Gasteiger partial charge on any atom is 0.338 e. The van der Waals surface area contributed by atoms with E-state index in [4.69, 9.17) is 15.2 Å². The van der Waals surface area contributed by atoms with E-state index < -0.39 is 23.9 Å². The number of nitrogens with one attached hydrogen (secondary N) is 1. The molecule has 3 rings (SSSR count). The highest BCUT2D eigenvalue weighted by atomic mass is 16.5. The van der Waals surface area contributed by atoms with Crippen LogP contribution in [0, 0.1) is 0 Å². The van der Waals surface area contributed by atoms with Crippen molar-refractivity contribution in [1.82, 2.24) is 0 Å². The number of benzene rings is 3. The maximum atomic E-state index is 12.3. The van der Waals surface area contributed by atoms with Crippen LogP contribution in [0.4, 0.5) is 5.69 Å². The Balaban J connectivity index is 1.55. The molecule has 0 saturated heterocycles. The molecule has 0 aliphatic carbocycles. The third-order valence-electron chi connectivity index (χ3n) is 4.16. The minimum absolute atomic E-state index is 0.292. The normalized spacial score (nSPS) is 11.2. The van der Waals surface area contributed by atoms with E-state index in [1.165, 1.54) is 31.2 Å². The number of rotatable bonds is 7. The van der Waals surface area contributed by atoms with Crippen molar-refractivity contribution in [2.45, 2.75) is 13.0 Å². The Morgan fingerprint density at radius 3 is 1.97 bits per heavy atom. The number of carbonyl (C=O) groups is 3. The molecule has 0 aliphatic rings. The van der Waals surface area contributed by atoms with E-state index in [0.29, 0.717) is 28.3 Å². The molecule has 3 aromatic carbocycles. The molecule has 0 spiro atoms. The molecule has 2 amide bonds. The molecule has 0 unspecified atom stereocenters. The van der Waals surface area contributed by atoms with E-state index in [-0.39, 0.29) is 0 Å². The van der Waals surface area contributed by atoms with Gasteiger partial charge in [0, 0.05) is 11.3 Å². The zero-order valence-corrected chi connectivity index (χ0v) is 16.2. The number of primary amides is 1. The van der Waals surface area contributed by atoms with Gasteiger partial charge in [0.25, 0.3) is 5.91 Å². The molecule has 3 aromatic rings. The highest BCUT2D eigenvalue weighted by Gasteiger charge is 2.19. The summed E-state index contributed by atoms with van der Waals surface area (Å²) >= 11 is 0. The smallest absolute Gasteiger partial charge is 0.338 e. The van der Waals surface area contributed by atoms with Gasteiger partial charge in [-0.3, -0.25) is 9.59 Å². The number of ether oxygens (including phenoxy) is 2. The molecule has 0 radical (unpaired) electrons. The number of carbonyl (C=O) groups excluding carboxylic acids is 3. The minimum Gasteiger partial charge on any atom is -0.457 e. The average molecular weight is 404 g/mol. The van der Waals surface area contributed by atoms with E-state index in [0.717, 1.165) is 0 Å². The van der Waals surface area contributed by atoms with E-state index in [2.05, 4.69) is 5.32 Å². The Bertz CT molecular complexity index is 1030. The van der Waals surface area contributed by atoms with Crippen molar-refractivity contribution < 1.29 is 23.9 Å². The van der Waals surface area contributed by atoms with Crippen LogP contribution in [0.2, 0.25) is 0 Å². The number of esters is 1. The van der Waals surface area contributed by atoms with Gasteiger partial charge in [0.05, 0.1) is 5.56 Å². The lowest BCUT2D eigenvalue weighted by Gasteiger charge is -2.14. The van der Waals surface area contributed by atoms with Crippen molar-refractivity contribution in [1.29, 1.82) is 0 Å². The zero-order valence-electron chi connectivity index (χ0n) is 16.2. The summed E-state index contributed by atoms with van der Waals surface area (Å²) in [6.45, 7) is 1.47. The first kappa shape index (κ1) is 20.6. The van der Waals surface area contributed by atoms with Gasteiger partial charge in [-0.15, -0.1) is 0 Å². The van der Waals surface area contributed by atoms with Gasteiger partial charge in [0.15, 0.2) is 6.10 Å². The van der Waals surface area contributed by atoms with Crippen molar-refractivity contribution in [3.63, 3.8) is 0 Å². The summed E-state index contributed by atoms with van der Waals surface area (Å²) < 4.78 is 10.9. The quantitative estimate of drug-likeness (QED) is 0.583. The average Bonchev–Trinajstić information content (AvgIpc) is 2.75. The molecule has 0 heterocycles. The number of hydrogen-bond acceptors (Lipinski definition) is 5. The molecule has 0 fully saturated rings. The Morgan fingerprint density at radius 2 is 1.37 bits per heavy atom. The lowest BCUT2D eigenvalue weighted by molar-refractivity contribution is -0.123. The van der Waals surface area contributed by atoms with E-state index in [1.807, 2.05) is 30.3 Å². The van der Waals surface area contributed by atoms with Crippen LogP contribution in [-0.2, 0) is 9.53 Å². The third kappa shape index (κ3) is 5.45. The van der Waals surface area contributed by atoms with E-state index >= 15 is 0 Å². The van der Waals surface area contributed by atoms with Crippen molar-refractivity contribution in [3.8, 4) is 11.5 Å². The molecule has 0 bridgehead atoms. The van der Waals surface area contributed by atoms with Gasteiger partial charge >= 0.3 is 5.97 Å². The van der Waals surface area contributed by atoms with Crippen LogP contribution in [0.5, 0.6) is 11.5 Å². The molecule has 0 saturated carbocycles. The van der Waals surface area contributed by atoms with Gasteiger partial charge in [-0.2, -0.15) is 0 Å². The monoisotopic (exact) mass is 404 g/mol. The standard InChI is InChI=1S/C23H20N2O5/c1-15(22(27)25-18-11-7-16(8-12-18)21(24)26)29-23(28)17-9-13-20(14-10-17)30-19-5-3-2-4-6-19/h2-15H,1H3,(H2,24,26)(H,25,27)/t15-/m0/s1. The van der Waals surface area contributed by atoms with E-state index in [9.17, 15) is 14.4 Å². The fourth-order valence-corrected chi connectivity index (χ4v) is 2.53. The van der Waals surface area contributed by atoms with Crippen LogP contribution < -0.4 is 15.8 Å². The second-order valence-corrected chi connectivity index (χ2v) is 6.42. The number of amides is 2. The maximum absolute atomic E-state index is 12.3. The Morgan fingerprint density at radius 1 is 0.800 bits per heavy atom. The number of anilines is 1. The predicted octanol–water partition coefficient (Wildman–Crippen LogP) is 3.76. The fourth-order valence-electron chi connectivity index (χ4n) is 2.53. The predicted molar refractivity (Wildman–Crippen MR) is 111 cm³/mol. The SMILES string of the molecule is C[C@H](OC(=O)c1ccc(Oc2ccccc2)cc1)C(=O)Nc1ccc(C(N)=O)cc1. The first-order chi connectivity index (χ1) is 14.4. The van der Waals surface area contributed by atoms with Crippen LogP contribution >= 0.6 is 0 Å². The number of hydrogen-bond donors (Lipinski definition) is 2. The van der Waals surface area contributed by atoms with E-state index in [1.54, 1.807) is 24.3 Å². The summed E-state index contributed by atoms with van der Waals surface area (Å²) in [4.78, 5) is 35.6. The van der Waals surface area contributed by atoms with Crippen LogP contribution in [0.1, 0.15) is 27.6 Å². The summed E-state index contributed by atoms with van der Waals surface area (Å²) in [6, 6.07) is 21.7. The molecule has 7 heteroatoms. The lowest BCUT2D eigenvalue weighted by Crippen LogP contribution is -2.30. The summed E-state index contributed by atoms with van der Waals surface area (Å²) in [6.07, 6.45) is -1.02. The van der Waals surface area contributed by atoms with Gasteiger partial charge in [0.1, 0.15) is 11.5 Å². The van der Waals surface area contributed by atoms with Crippen LogP contribution in [-0.4, -0.2) is 23.9 Å². The van der Waals surface area contributed by atoms with Crippen LogP contribution in [0.25, 0.3) is 0 Å². The first-order valence-electron chi connectivity index (χ1n) is 9.17. The summed E-state index contributed by atoms with van der Waals surface area (Å²) in [7, 11) is 0. The minimum atomic E-state index is -1.02. The number of nitrogens with two attached hydrogens (primary N) is 1. The molecule has 152 valence electrons. The zero-order chi connectivity index (χ0) is 21.5. The lowest BCUT2D eigenvalue weighted by atomic mass is 10.2. The topological polar surface area (TPSA) is 108 Å². The van der Waals surface area contributed by atoms with Crippen molar-refractivity contribution >= 4 is 23.5 Å². The van der Waals surface area contributed by atoms with Gasteiger partial charge in [-0.05, 0) is 67.6 Å². The number of para-hydroxylation sites is 1. The van der Waals surface area contributed by atoms with Crippen molar-refractivity contribution in [3.05, 3.63) is 90.0 Å². The molecule has 1 atom stereocenters. The molecular formula is C23H20N2O5. The van der Waals surface area contributed by atoms with Gasteiger partial charge in [0.2, 0.25) is 5.91 Å². The summed E-state index contributed by atoms with van der Waals surface area (Å²) in [5.74, 6) is -0.438. The summed E-state index contributed by atoms with van der Waals surface area (Å²) in [5, 5.41) is 2.61. The molecule has 0 aromatic heterocycles. The molecule has 7 nitrogen and oxygen atoms in total. The second-order valence-electron chi connectivity index (χ2n) is 6.42. The van der Waals surface area contributed by atoms with Gasteiger partial charge < -0.3 is 20.5 Å².